The van der Waals surface area contributed by atoms with Crippen LogP contribution in [0.5, 0.6) is 0 Å². The van der Waals surface area contributed by atoms with Gasteiger partial charge in [0.15, 0.2) is 0 Å². The second-order valence-electron chi connectivity index (χ2n) is 6.00. The van der Waals surface area contributed by atoms with Gasteiger partial charge in [-0.15, -0.1) is 0 Å². The monoisotopic (exact) mass is 350 g/mol. The molecule has 1 fully saturated rings. The molecule has 0 N–H and O–H groups in total. The zero-order chi connectivity index (χ0) is 14.7. The number of hydrogen-bond donors (Lipinski definition) is 0. The fourth-order valence-electron chi connectivity index (χ4n) is 2.25. The van der Waals surface area contributed by atoms with Crippen molar-refractivity contribution in [2.45, 2.75) is 46.0 Å². The van der Waals surface area contributed by atoms with Gasteiger partial charge < -0.3 is 14.2 Å². The van der Waals surface area contributed by atoms with Crippen LogP contribution in [0.3, 0.4) is 0 Å². The standard InChI is InChI=1S/C16H31BrO3/c1-3-4-8-18-10-12-20-13-11-19-9-7-16(2,14-17)15-5-6-15/h15H,3-14H2,1-2H3. The number of unbranched alkanes of at least 4 members (excludes halogenated alkanes) is 1. The van der Waals surface area contributed by atoms with Crippen molar-refractivity contribution in [3.8, 4) is 0 Å². The number of alkyl halides is 1. The van der Waals surface area contributed by atoms with Gasteiger partial charge in [0.25, 0.3) is 0 Å². The van der Waals surface area contributed by atoms with Crippen LogP contribution in [-0.4, -0.2) is 45.0 Å². The molecule has 0 spiro atoms. The maximum absolute atomic E-state index is 5.67. The molecular weight excluding hydrogens is 320 g/mol. The Morgan fingerprint density at radius 1 is 0.950 bits per heavy atom. The van der Waals surface area contributed by atoms with Crippen molar-refractivity contribution >= 4 is 15.9 Å². The highest BCUT2D eigenvalue weighted by atomic mass is 79.9. The highest BCUT2D eigenvalue weighted by Crippen LogP contribution is 2.48. The molecule has 0 amide bonds. The number of ether oxygens (including phenoxy) is 3. The Morgan fingerprint density at radius 2 is 1.50 bits per heavy atom. The van der Waals surface area contributed by atoms with Crippen molar-refractivity contribution in [1.29, 1.82) is 0 Å². The molecule has 1 aliphatic carbocycles. The lowest BCUT2D eigenvalue weighted by Gasteiger charge is -2.27. The lowest BCUT2D eigenvalue weighted by atomic mass is 9.84. The van der Waals surface area contributed by atoms with Gasteiger partial charge in [-0.2, -0.15) is 0 Å². The van der Waals surface area contributed by atoms with Crippen LogP contribution in [0.4, 0.5) is 0 Å². The van der Waals surface area contributed by atoms with Crippen LogP contribution < -0.4 is 0 Å². The van der Waals surface area contributed by atoms with Crippen LogP contribution in [-0.2, 0) is 14.2 Å². The molecule has 1 rings (SSSR count). The van der Waals surface area contributed by atoms with E-state index in [0.717, 1.165) is 37.3 Å². The summed E-state index contributed by atoms with van der Waals surface area (Å²) in [5.41, 5.74) is 0.425. The number of halogens is 1. The van der Waals surface area contributed by atoms with Crippen LogP contribution in [0.1, 0.15) is 46.0 Å². The SMILES string of the molecule is CCCCOCCOCCOCCC(C)(CBr)C1CC1. The maximum Gasteiger partial charge on any atom is 0.0701 e. The van der Waals surface area contributed by atoms with Gasteiger partial charge in [-0.05, 0) is 37.0 Å². The summed E-state index contributed by atoms with van der Waals surface area (Å²) in [5, 5.41) is 1.08. The predicted molar refractivity (Wildman–Crippen MR) is 86.6 cm³/mol. The van der Waals surface area contributed by atoms with E-state index >= 15 is 0 Å². The average Bonchev–Trinajstić information content (AvgIpc) is 3.29. The molecule has 0 aromatic rings. The van der Waals surface area contributed by atoms with Gasteiger partial charge in [0.05, 0.1) is 26.4 Å². The predicted octanol–water partition coefficient (Wildman–Crippen LogP) is 4.04. The van der Waals surface area contributed by atoms with Crippen molar-refractivity contribution in [2.24, 2.45) is 11.3 Å². The van der Waals surface area contributed by atoms with Crippen LogP contribution in [0, 0.1) is 11.3 Å². The summed E-state index contributed by atoms with van der Waals surface area (Å²) < 4.78 is 16.6. The molecule has 120 valence electrons. The molecule has 1 aliphatic rings. The van der Waals surface area contributed by atoms with Gasteiger partial charge in [-0.3, -0.25) is 0 Å². The van der Waals surface area contributed by atoms with Crippen molar-refractivity contribution in [2.75, 3.05) is 45.0 Å². The quantitative estimate of drug-likeness (QED) is 0.349. The number of hydrogen-bond acceptors (Lipinski definition) is 3. The fourth-order valence-corrected chi connectivity index (χ4v) is 2.99. The molecule has 0 heterocycles. The molecule has 3 nitrogen and oxygen atoms in total. The zero-order valence-corrected chi connectivity index (χ0v) is 14.8. The molecular formula is C16H31BrO3. The first-order chi connectivity index (χ1) is 9.73. The van der Waals surface area contributed by atoms with Crippen molar-refractivity contribution in [3.05, 3.63) is 0 Å². The molecule has 0 bridgehead atoms. The summed E-state index contributed by atoms with van der Waals surface area (Å²) in [5.74, 6) is 0.905. The van der Waals surface area contributed by atoms with E-state index in [0.29, 0.717) is 31.8 Å². The molecule has 1 unspecified atom stereocenters. The molecule has 4 heteroatoms. The minimum absolute atomic E-state index is 0.425. The summed E-state index contributed by atoms with van der Waals surface area (Å²) in [6.45, 7) is 8.96. The van der Waals surface area contributed by atoms with Crippen molar-refractivity contribution in [1.82, 2.24) is 0 Å². The Morgan fingerprint density at radius 3 is 2.00 bits per heavy atom. The summed E-state index contributed by atoms with van der Waals surface area (Å²) >= 11 is 3.65. The highest BCUT2D eigenvalue weighted by molar-refractivity contribution is 9.09. The Balaban J connectivity index is 1.82. The number of rotatable bonds is 14. The second-order valence-corrected chi connectivity index (χ2v) is 6.56. The topological polar surface area (TPSA) is 27.7 Å². The fraction of sp³-hybridized carbons (Fsp3) is 1.00. The van der Waals surface area contributed by atoms with Crippen molar-refractivity contribution in [3.63, 3.8) is 0 Å². The Hall–Kier alpha value is 0.360. The first kappa shape index (κ1) is 18.4. The average molecular weight is 351 g/mol. The maximum atomic E-state index is 5.67. The first-order valence-corrected chi connectivity index (χ1v) is 9.14. The minimum atomic E-state index is 0.425. The van der Waals surface area contributed by atoms with Gasteiger partial charge >= 0.3 is 0 Å². The molecule has 0 saturated heterocycles. The van der Waals surface area contributed by atoms with E-state index in [4.69, 9.17) is 14.2 Å². The third-order valence-corrected chi connectivity index (χ3v) is 5.35. The third kappa shape index (κ3) is 7.96. The largest absolute Gasteiger partial charge is 0.379 e. The molecule has 0 aromatic heterocycles. The van der Waals surface area contributed by atoms with Crippen molar-refractivity contribution < 1.29 is 14.2 Å². The minimum Gasteiger partial charge on any atom is -0.379 e. The summed E-state index contributed by atoms with van der Waals surface area (Å²) in [6.07, 6.45) is 6.24. The lowest BCUT2D eigenvalue weighted by Crippen LogP contribution is -2.23. The Kier molecular flexibility index (Phi) is 10.1. The van der Waals surface area contributed by atoms with E-state index in [1.165, 1.54) is 19.3 Å². The molecule has 0 aliphatic heterocycles. The molecule has 0 radical (unpaired) electrons. The van der Waals surface area contributed by atoms with Gasteiger partial charge in [-0.1, -0.05) is 36.2 Å². The molecule has 20 heavy (non-hydrogen) atoms. The van der Waals surface area contributed by atoms with E-state index in [1.807, 2.05) is 0 Å². The summed E-state index contributed by atoms with van der Waals surface area (Å²) in [4.78, 5) is 0. The van der Waals surface area contributed by atoms with E-state index in [9.17, 15) is 0 Å². The second kappa shape index (κ2) is 11.0. The highest BCUT2D eigenvalue weighted by Gasteiger charge is 2.40. The van der Waals surface area contributed by atoms with Crippen LogP contribution in [0.15, 0.2) is 0 Å². The van der Waals surface area contributed by atoms with E-state index < -0.39 is 0 Å². The lowest BCUT2D eigenvalue weighted by molar-refractivity contribution is 0.00866. The van der Waals surface area contributed by atoms with E-state index in [-0.39, 0.29) is 0 Å². The third-order valence-electron chi connectivity index (χ3n) is 4.07. The van der Waals surface area contributed by atoms with Gasteiger partial charge in [0.2, 0.25) is 0 Å². The summed E-state index contributed by atoms with van der Waals surface area (Å²) in [7, 11) is 0. The van der Waals surface area contributed by atoms with E-state index in [1.54, 1.807) is 0 Å². The van der Waals surface area contributed by atoms with Gasteiger partial charge in [-0.25, -0.2) is 0 Å². The van der Waals surface area contributed by atoms with Gasteiger partial charge in [0.1, 0.15) is 0 Å². The Bertz CT molecular complexity index is 234. The van der Waals surface area contributed by atoms with E-state index in [2.05, 4.69) is 29.8 Å². The smallest absolute Gasteiger partial charge is 0.0701 e. The van der Waals surface area contributed by atoms with Crippen LogP contribution in [0.25, 0.3) is 0 Å². The van der Waals surface area contributed by atoms with Gasteiger partial charge in [0, 0.05) is 18.5 Å². The van der Waals surface area contributed by atoms with Crippen LogP contribution >= 0.6 is 15.9 Å². The molecule has 1 atom stereocenters. The Labute approximate surface area is 132 Å². The summed E-state index contributed by atoms with van der Waals surface area (Å²) in [6, 6.07) is 0. The zero-order valence-electron chi connectivity index (χ0n) is 13.2. The van der Waals surface area contributed by atoms with Crippen LogP contribution in [0.2, 0.25) is 0 Å². The molecule has 0 aromatic carbocycles. The first-order valence-electron chi connectivity index (χ1n) is 8.02. The normalized spacial score (nSPS) is 18.1. The molecule has 1 saturated carbocycles.